The van der Waals surface area contributed by atoms with E-state index in [0.717, 1.165) is 6.07 Å². The number of benzene rings is 1. The molecule has 0 aromatic heterocycles. The molecule has 0 atom stereocenters. The summed E-state index contributed by atoms with van der Waals surface area (Å²) < 4.78 is 41.4. The molecule has 0 aliphatic heterocycles. The summed E-state index contributed by atoms with van der Waals surface area (Å²) >= 11 is 2.86. The highest BCUT2D eigenvalue weighted by atomic mass is 79.9. The average Bonchev–Trinajstić information content (AvgIpc) is 1.99. The Bertz CT molecular complexity index is 392. The van der Waals surface area contributed by atoms with Crippen molar-refractivity contribution in [3.63, 3.8) is 0 Å². The topological polar surface area (TPSA) is 52.3 Å². The second kappa shape index (κ2) is 4.09. The van der Waals surface area contributed by atoms with Crippen LogP contribution in [0.2, 0.25) is 0 Å². The standard InChI is InChI=1S/C8H5BrF3NO2/c9-5-1-4(8(10,11)12)2-6(3-5)15-7(13)14/h1-3H,(H2,13,14). The molecule has 82 valence electrons. The maximum Gasteiger partial charge on any atom is 0.416 e. The number of ether oxygens (including phenoxy) is 1. The van der Waals surface area contributed by atoms with Crippen LogP contribution in [0.15, 0.2) is 22.7 Å². The lowest BCUT2D eigenvalue weighted by molar-refractivity contribution is -0.137. The van der Waals surface area contributed by atoms with Gasteiger partial charge in [-0.1, -0.05) is 15.9 Å². The molecule has 0 unspecified atom stereocenters. The van der Waals surface area contributed by atoms with Gasteiger partial charge >= 0.3 is 12.3 Å². The molecule has 1 aromatic carbocycles. The van der Waals surface area contributed by atoms with Crippen LogP contribution in [0.5, 0.6) is 5.75 Å². The highest BCUT2D eigenvalue weighted by Crippen LogP contribution is 2.34. The molecule has 0 fully saturated rings. The zero-order valence-electron chi connectivity index (χ0n) is 7.14. The van der Waals surface area contributed by atoms with Gasteiger partial charge in [0.1, 0.15) is 5.75 Å². The lowest BCUT2D eigenvalue weighted by Crippen LogP contribution is -2.16. The molecule has 15 heavy (non-hydrogen) atoms. The average molecular weight is 284 g/mol. The third kappa shape index (κ3) is 3.43. The molecule has 1 aromatic rings. The Labute approximate surface area is 91.1 Å². The number of carbonyl (C=O) groups excluding carboxylic acids is 1. The maximum absolute atomic E-state index is 12.3. The third-order valence-corrected chi connectivity index (χ3v) is 1.87. The molecule has 7 heteroatoms. The van der Waals surface area contributed by atoms with Crippen LogP contribution < -0.4 is 10.5 Å². The molecule has 0 saturated heterocycles. The summed E-state index contributed by atoms with van der Waals surface area (Å²) in [4.78, 5) is 10.3. The van der Waals surface area contributed by atoms with E-state index >= 15 is 0 Å². The van der Waals surface area contributed by atoms with E-state index in [1.807, 2.05) is 0 Å². The second-order valence-corrected chi connectivity index (χ2v) is 3.51. The van der Waals surface area contributed by atoms with Gasteiger partial charge in [0.05, 0.1) is 5.56 Å². The first-order chi connectivity index (χ1) is 6.79. The summed E-state index contributed by atoms with van der Waals surface area (Å²) in [6.07, 6.45) is -5.67. The first kappa shape index (κ1) is 11.8. The summed E-state index contributed by atoms with van der Waals surface area (Å²) in [7, 11) is 0. The van der Waals surface area contributed by atoms with E-state index in [1.54, 1.807) is 0 Å². The van der Waals surface area contributed by atoms with E-state index in [2.05, 4.69) is 26.4 Å². The van der Waals surface area contributed by atoms with E-state index in [0.29, 0.717) is 6.07 Å². The Balaban J connectivity index is 3.11. The predicted octanol–water partition coefficient (Wildman–Crippen LogP) is 2.93. The zero-order chi connectivity index (χ0) is 11.6. The Hall–Kier alpha value is -1.24. The Morgan fingerprint density at radius 2 is 1.93 bits per heavy atom. The lowest BCUT2D eigenvalue weighted by Gasteiger charge is -2.09. The molecule has 1 amide bonds. The number of amides is 1. The minimum Gasteiger partial charge on any atom is -0.410 e. The molecule has 0 bridgehead atoms. The van der Waals surface area contributed by atoms with Crippen LogP contribution in [-0.4, -0.2) is 6.09 Å². The van der Waals surface area contributed by atoms with Crippen molar-refractivity contribution in [2.45, 2.75) is 6.18 Å². The Morgan fingerprint density at radius 3 is 2.40 bits per heavy atom. The van der Waals surface area contributed by atoms with Crippen molar-refractivity contribution >= 4 is 22.0 Å². The molecular formula is C8H5BrF3NO2. The second-order valence-electron chi connectivity index (χ2n) is 2.59. The van der Waals surface area contributed by atoms with E-state index in [-0.39, 0.29) is 10.2 Å². The first-order valence-corrected chi connectivity index (χ1v) is 4.43. The van der Waals surface area contributed by atoms with Crippen molar-refractivity contribution < 1.29 is 22.7 Å². The number of primary amides is 1. The van der Waals surface area contributed by atoms with Crippen LogP contribution >= 0.6 is 15.9 Å². The minimum absolute atomic E-state index is 0.147. The van der Waals surface area contributed by atoms with Crippen molar-refractivity contribution in [2.24, 2.45) is 5.73 Å². The molecule has 0 aliphatic carbocycles. The molecule has 3 nitrogen and oxygen atoms in total. The van der Waals surface area contributed by atoms with Crippen LogP contribution in [-0.2, 0) is 6.18 Å². The van der Waals surface area contributed by atoms with Crippen LogP contribution in [0, 0.1) is 0 Å². The SMILES string of the molecule is NC(=O)Oc1cc(Br)cc(C(F)(F)F)c1. The maximum atomic E-state index is 12.3. The highest BCUT2D eigenvalue weighted by Gasteiger charge is 2.31. The number of carbonyl (C=O) groups is 1. The summed E-state index contributed by atoms with van der Waals surface area (Å²) in [5.74, 6) is -0.260. The summed E-state index contributed by atoms with van der Waals surface area (Å²) in [5.41, 5.74) is 3.75. The van der Waals surface area contributed by atoms with E-state index < -0.39 is 17.8 Å². The van der Waals surface area contributed by atoms with Crippen LogP contribution in [0.1, 0.15) is 5.56 Å². The molecule has 2 N–H and O–H groups in total. The summed E-state index contributed by atoms with van der Waals surface area (Å²) in [6.45, 7) is 0. The van der Waals surface area contributed by atoms with Gasteiger partial charge in [-0.2, -0.15) is 13.2 Å². The fraction of sp³-hybridized carbons (Fsp3) is 0.125. The van der Waals surface area contributed by atoms with E-state index in [9.17, 15) is 18.0 Å². The minimum atomic E-state index is -4.50. The molecular weight excluding hydrogens is 279 g/mol. The van der Waals surface area contributed by atoms with Gasteiger partial charge in [0, 0.05) is 4.47 Å². The van der Waals surface area contributed by atoms with Crippen LogP contribution in [0.4, 0.5) is 18.0 Å². The van der Waals surface area contributed by atoms with Crippen molar-refractivity contribution in [3.05, 3.63) is 28.2 Å². The van der Waals surface area contributed by atoms with Gasteiger partial charge in [-0.05, 0) is 18.2 Å². The number of nitrogens with two attached hydrogens (primary N) is 1. The molecule has 0 spiro atoms. The van der Waals surface area contributed by atoms with Crippen molar-refractivity contribution in [3.8, 4) is 5.75 Å². The van der Waals surface area contributed by atoms with Gasteiger partial charge in [-0.15, -0.1) is 0 Å². The molecule has 0 radical (unpaired) electrons. The van der Waals surface area contributed by atoms with E-state index in [4.69, 9.17) is 0 Å². The number of rotatable bonds is 1. The molecule has 0 saturated carbocycles. The zero-order valence-corrected chi connectivity index (χ0v) is 8.72. The van der Waals surface area contributed by atoms with E-state index in [1.165, 1.54) is 6.07 Å². The normalized spacial score (nSPS) is 11.2. The quantitative estimate of drug-likeness (QED) is 0.862. The molecule has 0 aliphatic rings. The predicted molar refractivity (Wildman–Crippen MR) is 49.4 cm³/mol. The number of hydrogen-bond donors (Lipinski definition) is 1. The highest BCUT2D eigenvalue weighted by molar-refractivity contribution is 9.10. The van der Waals surface area contributed by atoms with Gasteiger partial charge in [0.25, 0.3) is 0 Å². The van der Waals surface area contributed by atoms with Crippen molar-refractivity contribution in [1.29, 1.82) is 0 Å². The van der Waals surface area contributed by atoms with Gasteiger partial charge in [0.2, 0.25) is 0 Å². The van der Waals surface area contributed by atoms with Crippen LogP contribution in [0.25, 0.3) is 0 Å². The number of hydrogen-bond acceptors (Lipinski definition) is 2. The summed E-state index contributed by atoms with van der Waals surface area (Å²) in [6, 6.07) is 2.77. The Kier molecular flexibility index (Phi) is 3.23. The smallest absolute Gasteiger partial charge is 0.410 e. The number of halogens is 4. The molecule has 0 heterocycles. The number of alkyl halides is 3. The lowest BCUT2D eigenvalue weighted by atomic mass is 10.2. The first-order valence-electron chi connectivity index (χ1n) is 3.64. The van der Waals surface area contributed by atoms with Gasteiger partial charge in [-0.3, -0.25) is 0 Å². The molecule has 1 rings (SSSR count). The van der Waals surface area contributed by atoms with Gasteiger partial charge in [0.15, 0.2) is 0 Å². The van der Waals surface area contributed by atoms with Crippen LogP contribution in [0.3, 0.4) is 0 Å². The largest absolute Gasteiger partial charge is 0.416 e. The Morgan fingerprint density at radius 1 is 1.33 bits per heavy atom. The summed E-state index contributed by atoms with van der Waals surface area (Å²) in [5, 5.41) is 0. The fourth-order valence-corrected chi connectivity index (χ4v) is 1.37. The van der Waals surface area contributed by atoms with Crippen molar-refractivity contribution in [2.75, 3.05) is 0 Å². The van der Waals surface area contributed by atoms with Crippen molar-refractivity contribution in [1.82, 2.24) is 0 Å². The van der Waals surface area contributed by atoms with Gasteiger partial charge in [-0.25, -0.2) is 4.79 Å². The van der Waals surface area contributed by atoms with Gasteiger partial charge < -0.3 is 10.5 Å². The monoisotopic (exact) mass is 283 g/mol. The third-order valence-electron chi connectivity index (χ3n) is 1.42. The fourth-order valence-electron chi connectivity index (χ4n) is 0.901.